The van der Waals surface area contributed by atoms with Crippen molar-refractivity contribution in [3.63, 3.8) is 0 Å². The normalized spacial score (nSPS) is 23.0. The number of nitrogens with one attached hydrogen (secondary N) is 1. The van der Waals surface area contributed by atoms with Crippen LogP contribution in [0.5, 0.6) is 0 Å². The molecule has 1 aromatic rings. The maximum absolute atomic E-state index is 14.0. The maximum Gasteiger partial charge on any atom is 0.286 e. The van der Waals surface area contributed by atoms with Crippen LogP contribution in [0.25, 0.3) is 0 Å². The van der Waals surface area contributed by atoms with E-state index in [1.807, 2.05) is 0 Å². The highest BCUT2D eigenvalue weighted by Gasteiger charge is 2.42. The Labute approximate surface area is 100 Å². The molecule has 0 saturated carbocycles. The van der Waals surface area contributed by atoms with Crippen molar-refractivity contribution in [2.45, 2.75) is 18.8 Å². The molecule has 84 valence electrons. The van der Waals surface area contributed by atoms with Crippen molar-refractivity contribution in [1.29, 1.82) is 0 Å². The Balaban J connectivity index is 2.17. The zero-order valence-electron chi connectivity index (χ0n) is 8.10. The third-order valence-corrected chi connectivity index (χ3v) is 4.48. The lowest BCUT2D eigenvalue weighted by Gasteiger charge is -2.29. The average molecular weight is 296 g/mol. The van der Waals surface area contributed by atoms with Crippen molar-refractivity contribution in [1.82, 2.24) is 5.32 Å². The molecule has 0 bridgehead atoms. The van der Waals surface area contributed by atoms with Gasteiger partial charge in [0.1, 0.15) is 0 Å². The van der Waals surface area contributed by atoms with E-state index in [4.69, 9.17) is 0 Å². The van der Waals surface area contributed by atoms with Crippen LogP contribution in [-0.2, 0) is 5.92 Å². The molecule has 1 aliphatic heterocycles. The Morgan fingerprint density at radius 2 is 2.33 bits per heavy atom. The van der Waals surface area contributed by atoms with E-state index < -0.39 is 11.8 Å². The quantitative estimate of drug-likeness (QED) is 0.879. The van der Waals surface area contributed by atoms with Crippen LogP contribution in [0, 0.1) is 5.92 Å². The van der Waals surface area contributed by atoms with Gasteiger partial charge in [0.05, 0.1) is 4.88 Å². The fourth-order valence-electron chi connectivity index (χ4n) is 1.85. The van der Waals surface area contributed by atoms with Crippen LogP contribution in [0.3, 0.4) is 0 Å². The van der Waals surface area contributed by atoms with Gasteiger partial charge in [0.15, 0.2) is 0 Å². The molecular formula is C10H12BrF2NS. The van der Waals surface area contributed by atoms with Crippen LogP contribution in [0.4, 0.5) is 8.78 Å². The van der Waals surface area contributed by atoms with Crippen LogP contribution >= 0.6 is 27.3 Å². The van der Waals surface area contributed by atoms with Crippen molar-refractivity contribution in [2.24, 2.45) is 5.92 Å². The number of rotatable bonds is 2. The van der Waals surface area contributed by atoms with Crippen LogP contribution in [0.2, 0.25) is 0 Å². The molecule has 2 heterocycles. The van der Waals surface area contributed by atoms with Crippen molar-refractivity contribution >= 4 is 27.3 Å². The van der Waals surface area contributed by atoms with Gasteiger partial charge in [-0.05, 0) is 41.4 Å². The lowest BCUT2D eigenvalue weighted by Crippen LogP contribution is -2.38. The number of piperidine rings is 1. The molecule has 0 aliphatic carbocycles. The summed E-state index contributed by atoms with van der Waals surface area (Å²) in [7, 11) is 0. The van der Waals surface area contributed by atoms with E-state index in [-0.39, 0.29) is 4.88 Å². The van der Waals surface area contributed by atoms with Gasteiger partial charge in [-0.1, -0.05) is 0 Å². The molecule has 1 aliphatic rings. The van der Waals surface area contributed by atoms with Gasteiger partial charge in [-0.25, -0.2) is 8.78 Å². The zero-order valence-corrected chi connectivity index (χ0v) is 10.5. The molecule has 15 heavy (non-hydrogen) atoms. The van der Waals surface area contributed by atoms with Crippen molar-refractivity contribution in [3.05, 3.63) is 20.8 Å². The van der Waals surface area contributed by atoms with Crippen LogP contribution < -0.4 is 5.32 Å². The second-order valence-corrected chi connectivity index (χ2v) is 5.62. The summed E-state index contributed by atoms with van der Waals surface area (Å²) in [4.78, 5) is 0.170. The van der Waals surface area contributed by atoms with Crippen molar-refractivity contribution in [3.8, 4) is 0 Å². The topological polar surface area (TPSA) is 12.0 Å². The first-order valence-electron chi connectivity index (χ1n) is 4.94. The highest BCUT2D eigenvalue weighted by atomic mass is 79.9. The Morgan fingerprint density at radius 3 is 2.87 bits per heavy atom. The second kappa shape index (κ2) is 4.47. The molecule has 1 nitrogen and oxygen atoms in total. The number of hydrogen-bond donors (Lipinski definition) is 1. The molecular weight excluding hydrogens is 284 g/mol. The molecule has 1 saturated heterocycles. The third-order valence-electron chi connectivity index (χ3n) is 2.71. The Morgan fingerprint density at radius 1 is 1.53 bits per heavy atom. The van der Waals surface area contributed by atoms with Crippen molar-refractivity contribution in [2.75, 3.05) is 13.1 Å². The minimum absolute atomic E-state index is 0.170. The summed E-state index contributed by atoms with van der Waals surface area (Å²) in [6, 6.07) is 1.53. The van der Waals surface area contributed by atoms with Gasteiger partial charge in [-0.2, -0.15) is 0 Å². The van der Waals surface area contributed by atoms with E-state index in [0.29, 0.717) is 13.0 Å². The molecule has 0 radical (unpaired) electrons. The summed E-state index contributed by atoms with van der Waals surface area (Å²) >= 11 is 4.34. The van der Waals surface area contributed by atoms with Crippen LogP contribution in [0.1, 0.15) is 17.7 Å². The first-order valence-corrected chi connectivity index (χ1v) is 6.61. The first kappa shape index (κ1) is 11.5. The third kappa shape index (κ3) is 2.40. The monoisotopic (exact) mass is 295 g/mol. The van der Waals surface area contributed by atoms with E-state index in [0.717, 1.165) is 28.8 Å². The average Bonchev–Trinajstić information content (AvgIpc) is 2.67. The highest BCUT2D eigenvalue weighted by molar-refractivity contribution is 9.10. The Hall–Kier alpha value is -0.0000000000000000486. The molecule has 1 unspecified atom stereocenters. The molecule has 0 aromatic carbocycles. The summed E-state index contributed by atoms with van der Waals surface area (Å²) in [6.45, 7) is 1.28. The fraction of sp³-hybridized carbons (Fsp3) is 0.600. The summed E-state index contributed by atoms with van der Waals surface area (Å²) < 4.78 is 28.8. The predicted octanol–water partition coefficient (Wildman–Crippen LogP) is 3.60. The number of thiophene rings is 1. The molecule has 1 aromatic heterocycles. The fourth-order valence-corrected chi connectivity index (χ4v) is 3.34. The standard InChI is InChI=1S/C10H12BrF2NS/c11-8-4-9(15-6-8)10(12,13)7-2-1-3-14-5-7/h4,6-7,14H,1-3,5H2. The lowest BCUT2D eigenvalue weighted by molar-refractivity contribution is -0.0691. The zero-order chi connectivity index (χ0) is 10.9. The minimum Gasteiger partial charge on any atom is -0.316 e. The summed E-state index contributed by atoms with van der Waals surface area (Å²) in [6.07, 6.45) is 1.45. The van der Waals surface area contributed by atoms with Crippen LogP contribution in [0.15, 0.2) is 15.9 Å². The van der Waals surface area contributed by atoms with E-state index >= 15 is 0 Å². The molecule has 1 fully saturated rings. The van der Waals surface area contributed by atoms with Gasteiger partial charge in [-0.15, -0.1) is 11.3 Å². The Bertz CT molecular complexity index is 334. The van der Waals surface area contributed by atoms with Gasteiger partial charge >= 0.3 is 0 Å². The predicted molar refractivity (Wildman–Crippen MR) is 61.5 cm³/mol. The smallest absolute Gasteiger partial charge is 0.286 e. The minimum atomic E-state index is -2.69. The maximum atomic E-state index is 14.0. The van der Waals surface area contributed by atoms with Gasteiger partial charge in [-0.3, -0.25) is 0 Å². The highest BCUT2D eigenvalue weighted by Crippen LogP contribution is 2.42. The summed E-state index contributed by atoms with van der Waals surface area (Å²) in [5, 5.41) is 4.74. The summed E-state index contributed by atoms with van der Waals surface area (Å²) in [5.74, 6) is -3.25. The van der Waals surface area contributed by atoms with Crippen LogP contribution in [-0.4, -0.2) is 13.1 Å². The SMILES string of the molecule is FC(F)(c1cc(Br)cs1)C1CCCNC1. The Kier molecular flexibility index (Phi) is 3.42. The van der Waals surface area contributed by atoms with Crippen molar-refractivity contribution < 1.29 is 8.78 Å². The second-order valence-electron chi connectivity index (χ2n) is 3.80. The number of hydrogen-bond acceptors (Lipinski definition) is 2. The lowest BCUT2D eigenvalue weighted by atomic mass is 9.92. The molecule has 0 amide bonds. The molecule has 1 N–H and O–H groups in total. The van der Waals surface area contributed by atoms with E-state index in [2.05, 4.69) is 21.2 Å². The number of halogens is 3. The number of alkyl halides is 2. The van der Waals surface area contributed by atoms with E-state index in [9.17, 15) is 8.78 Å². The van der Waals surface area contributed by atoms with E-state index in [1.165, 1.54) is 6.07 Å². The summed E-state index contributed by atoms with van der Waals surface area (Å²) in [5.41, 5.74) is 0. The molecule has 1 atom stereocenters. The molecule has 2 rings (SSSR count). The molecule has 0 spiro atoms. The van der Waals surface area contributed by atoms with E-state index in [1.54, 1.807) is 5.38 Å². The van der Waals surface area contributed by atoms with Gasteiger partial charge in [0.25, 0.3) is 5.92 Å². The molecule has 5 heteroatoms. The largest absolute Gasteiger partial charge is 0.316 e. The van der Waals surface area contributed by atoms with Gasteiger partial charge in [0, 0.05) is 22.3 Å². The van der Waals surface area contributed by atoms with Gasteiger partial charge < -0.3 is 5.32 Å². The first-order chi connectivity index (χ1) is 7.10. The van der Waals surface area contributed by atoms with Gasteiger partial charge in [0.2, 0.25) is 0 Å².